The summed E-state index contributed by atoms with van der Waals surface area (Å²) in [6, 6.07) is 0. The fourth-order valence-corrected chi connectivity index (χ4v) is 8.00. The van der Waals surface area contributed by atoms with E-state index in [9.17, 15) is 14.4 Å². The standard InChI is InChI=1S/C66H110O6/c1-4-7-10-13-16-19-22-25-26-27-28-29-30-31-32-33-34-35-36-37-38-39-40-42-44-47-50-53-56-59-65(68)71-62-63(61-70-64(67)58-55-52-49-46-43-24-21-18-15-12-9-6-3)72-66(69)60-57-54-51-48-45-41-23-20-17-14-11-8-5-2/h7,10,16,18-21,23,25-26,28-29,31-32,34-35,37-38,63H,4-6,8-9,11-15,17,22,24,27,30,33,36,39-62H2,1-3H3/b10-7-,19-16-,21-18-,23-20-,26-25-,29-28-,32-31-,35-34-,38-37-. The summed E-state index contributed by atoms with van der Waals surface area (Å²) in [6.45, 7) is 6.46. The van der Waals surface area contributed by atoms with Gasteiger partial charge >= 0.3 is 17.9 Å². The number of hydrogen-bond acceptors (Lipinski definition) is 6. The van der Waals surface area contributed by atoms with Gasteiger partial charge in [0.2, 0.25) is 0 Å². The van der Waals surface area contributed by atoms with Crippen molar-refractivity contribution in [3.8, 4) is 0 Å². The molecule has 0 aromatic rings. The van der Waals surface area contributed by atoms with Crippen LogP contribution in [0.2, 0.25) is 0 Å². The predicted octanol–water partition coefficient (Wildman–Crippen LogP) is 20.3. The first kappa shape index (κ1) is 68.1. The number of hydrogen-bond donors (Lipinski definition) is 0. The molecule has 0 rings (SSSR count). The Hall–Kier alpha value is -3.93. The van der Waals surface area contributed by atoms with Crippen LogP contribution in [-0.4, -0.2) is 37.2 Å². The van der Waals surface area contributed by atoms with E-state index in [-0.39, 0.29) is 31.1 Å². The third-order valence-electron chi connectivity index (χ3n) is 12.5. The lowest BCUT2D eigenvalue weighted by molar-refractivity contribution is -0.167. The smallest absolute Gasteiger partial charge is 0.306 e. The zero-order chi connectivity index (χ0) is 52.2. The third kappa shape index (κ3) is 57.0. The maximum atomic E-state index is 12.8. The lowest BCUT2D eigenvalue weighted by Crippen LogP contribution is -2.30. The van der Waals surface area contributed by atoms with Crippen molar-refractivity contribution in [1.29, 1.82) is 0 Å². The highest BCUT2D eigenvalue weighted by Gasteiger charge is 2.19. The number of allylic oxidation sites excluding steroid dienone is 18. The Kier molecular flexibility index (Phi) is 56.4. The van der Waals surface area contributed by atoms with Gasteiger partial charge in [0.1, 0.15) is 13.2 Å². The molecule has 0 heterocycles. The highest BCUT2D eigenvalue weighted by Crippen LogP contribution is 2.14. The van der Waals surface area contributed by atoms with Gasteiger partial charge in [-0.1, -0.05) is 233 Å². The predicted molar refractivity (Wildman–Crippen MR) is 311 cm³/mol. The van der Waals surface area contributed by atoms with E-state index < -0.39 is 6.10 Å². The Bertz CT molecular complexity index is 1470. The molecule has 6 nitrogen and oxygen atoms in total. The average molecular weight is 1000 g/mol. The minimum Gasteiger partial charge on any atom is -0.462 e. The van der Waals surface area contributed by atoms with Gasteiger partial charge in [-0.15, -0.1) is 0 Å². The molecule has 0 aliphatic rings. The van der Waals surface area contributed by atoms with E-state index in [1.165, 1.54) is 103 Å². The van der Waals surface area contributed by atoms with Crippen LogP contribution in [0.25, 0.3) is 0 Å². The van der Waals surface area contributed by atoms with Gasteiger partial charge in [-0.2, -0.15) is 0 Å². The van der Waals surface area contributed by atoms with Gasteiger partial charge in [-0.3, -0.25) is 14.4 Å². The van der Waals surface area contributed by atoms with Crippen molar-refractivity contribution in [3.63, 3.8) is 0 Å². The molecule has 0 aliphatic carbocycles. The van der Waals surface area contributed by atoms with Crippen molar-refractivity contribution in [2.24, 2.45) is 0 Å². The van der Waals surface area contributed by atoms with Crippen molar-refractivity contribution < 1.29 is 28.6 Å². The van der Waals surface area contributed by atoms with Gasteiger partial charge in [-0.25, -0.2) is 0 Å². The maximum Gasteiger partial charge on any atom is 0.306 e. The molecule has 0 aromatic carbocycles. The average Bonchev–Trinajstić information content (AvgIpc) is 3.38. The molecule has 410 valence electrons. The molecule has 0 amide bonds. The zero-order valence-corrected chi connectivity index (χ0v) is 46.9. The largest absolute Gasteiger partial charge is 0.462 e. The van der Waals surface area contributed by atoms with Crippen LogP contribution in [0.15, 0.2) is 109 Å². The highest BCUT2D eigenvalue weighted by atomic mass is 16.6. The summed E-state index contributed by atoms with van der Waals surface area (Å²) < 4.78 is 16.8. The SMILES string of the molecule is CC/C=C\C/C=C\C/C=C\C/C=C\C/C=C\C/C=C\C/C=C\CCCCCCCCCC(=O)OCC(COC(=O)CCCCCCC/C=C\CCCCC)OC(=O)CCCCCCC/C=C\CCCCCC. The summed E-state index contributed by atoms with van der Waals surface area (Å²) in [6.07, 6.45) is 80.8. The van der Waals surface area contributed by atoms with E-state index in [2.05, 4.69) is 130 Å². The number of carbonyl (C=O) groups excluding carboxylic acids is 3. The molecule has 0 bridgehead atoms. The van der Waals surface area contributed by atoms with Crippen molar-refractivity contribution in [2.75, 3.05) is 13.2 Å². The second kappa shape index (κ2) is 59.6. The Balaban J connectivity index is 4.29. The van der Waals surface area contributed by atoms with Crippen LogP contribution in [0, 0.1) is 0 Å². The molecule has 0 fully saturated rings. The summed E-state index contributed by atoms with van der Waals surface area (Å²) in [5.41, 5.74) is 0. The lowest BCUT2D eigenvalue weighted by atomic mass is 10.1. The number of esters is 3. The monoisotopic (exact) mass is 999 g/mol. The van der Waals surface area contributed by atoms with E-state index >= 15 is 0 Å². The molecule has 0 saturated carbocycles. The summed E-state index contributed by atoms with van der Waals surface area (Å²) in [5.74, 6) is -0.917. The fourth-order valence-electron chi connectivity index (χ4n) is 8.00. The number of rotatable bonds is 53. The van der Waals surface area contributed by atoms with Crippen molar-refractivity contribution in [2.45, 2.75) is 277 Å². The molecule has 1 atom stereocenters. The third-order valence-corrected chi connectivity index (χ3v) is 12.5. The van der Waals surface area contributed by atoms with E-state index in [4.69, 9.17) is 14.2 Å². The normalized spacial score (nSPS) is 12.9. The first-order chi connectivity index (χ1) is 35.5. The Morgan fingerprint density at radius 2 is 0.542 bits per heavy atom. The topological polar surface area (TPSA) is 78.9 Å². The highest BCUT2D eigenvalue weighted by molar-refractivity contribution is 5.71. The minimum atomic E-state index is -0.791. The van der Waals surface area contributed by atoms with E-state index in [0.717, 1.165) is 128 Å². The molecule has 1 unspecified atom stereocenters. The van der Waals surface area contributed by atoms with Crippen LogP contribution >= 0.6 is 0 Å². The molecule has 0 radical (unpaired) electrons. The van der Waals surface area contributed by atoms with Crippen molar-refractivity contribution in [3.05, 3.63) is 109 Å². The van der Waals surface area contributed by atoms with Gasteiger partial charge in [-0.05, 0) is 128 Å². The first-order valence-corrected chi connectivity index (χ1v) is 29.9. The molecule has 0 N–H and O–H groups in total. The summed E-state index contributed by atoms with van der Waals surface area (Å²) >= 11 is 0. The van der Waals surface area contributed by atoms with Gasteiger partial charge in [0.15, 0.2) is 6.10 Å². The summed E-state index contributed by atoms with van der Waals surface area (Å²) in [5, 5.41) is 0. The molecular weight excluding hydrogens is 889 g/mol. The van der Waals surface area contributed by atoms with Crippen molar-refractivity contribution in [1.82, 2.24) is 0 Å². The van der Waals surface area contributed by atoms with Crippen LogP contribution in [0.1, 0.15) is 271 Å². The number of unbranched alkanes of at least 4 members (excludes halogenated alkanes) is 24. The van der Waals surface area contributed by atoms with Crippen LogP contribution in [0.3, 0.4) is 0 Å². The zero-order valence-electron chi connectivity index (χ0n) is 46.9. The Morgan fingerprint density at radius 1 is 0.292 bits per heavy atom. The molecule has 0 aliphatic heterocycles. The maximum absolute atomic E-state index is 12.8. The first-order valence-electron chi connectivity index (χ1n) is 29.9. The molecule has 6 heteroatoms. The van der Waals surface area contributed by atoms with Crippen LogP contribution in [0.5, 0.6) is 0 Å². The van der Waals surface area contributed by atoms with Gasteiger partial charge < -0.3 is 14.2 Å². The Labute approximate surface area is 444 Å². The lowest BCUT2D eigenvalue weighted by Gasteiger charge is -2.18. The molecular formula is C66H110O6. The number of carbonyl (C=O) groups is 3. The second-order valence-electron chi connectivity index (χ2n) is 19.5. The molecule has 0 spiro atoms. The van der Waals surface area contributed by atoms with Crippen LogP contribution in [0.4, 0.5) is 0 Å². The van der Waals surface area contributed by atoms with Crippen LogP contribution in [-0.2, 0) is 28.6 Å². The minimum absolute atomic E-state index is 0.0895. The van der Waals surface area contributed by atoms with E-state index in [1.54, 1.807) is 0 Å². The molecule has 0 aromatic heterocycles. The quantitative estimate of drug-likeness (QED) is 0.0261. The molecule has 0 saturated heterocycles. The van der Waals surface area contributed by atoms with Crippen LogP contribution < -0.4 is 0 Å². The summed E-state index contributed by atoms with van der Waals surface area (Å²) in [7, 11) is 0. The number of ether oxygens (including phenoxy) is 3. The summed E-state index contributed by atoms with van der Waals surface area (Å²) in [4.78, 5) is 38.1. The second-order valence-corrected chi connectivity index (χ2v) is 19.5. The Morgan fingerprint density at radius 3 is 0.889 bits per heavy atom. The fraction of sp³-hybridized carbons (Fsp3) is 0.682. The van der Waals surface area contributed by atoms with Crippen molar-refractivity contribution >= 4 is 17.9 Å². The van der Waals surface area contributed by atoms with E-state index in [1.807, 2.05) is 0 Å². The van der Waals surface area contributed by atoms with E-state index in [0.29, 0.717) is 19.3 Å². The molecule has 72 heavy (non-hydrogen) atoms. The van der Waals surface area contributed by atoms with Gasteiger partial charge in [0.05, 0.1) is 0 Å². The van der Waals surface area contributed by atoms with Gasteiger partial charge in [0, 0.05) is 19.3 Å². The van der Waals surface area contributed by atoms with Gasteiger partial charge in [0.25, 0.3) is 0 Å².